The van der Waals surface area contributed by atoms with Gasteiger partial charge in [-0.25, -0.2) is 4.98 Å². The fourth-order valence-electron chi connectivity index (χ4n) is 2.76. The fourth-order valence-corrected chi connectivity index (χ4v) is 3.64. The molecule has 2 amide bonds. The van der Waals surface area contributed by atoms with Crippen LogP contribution in [0.4, 0.5) is 10.8 Å². The van der Waals surface area contributed by atoms with Crippen LogP contribution in [0.5, 0.6) is 0 Å². The lowest BCUT2D eigenvalue weighted by Gasteiger charge is -2.14. The number of hydrogen-bond donors (Lipinski definition) is 3. The van der Waals surface area contributed by atoms with E-state index in [-0.39, 0.29) is 23.7 Å². The summed E-state index contributed by atoms with van der Waals surface area (Å²) in [5.74, 6) is -2.76. The van der Waals surface area contributed by atoms with Gasteiger partial charge < -0.3 is 15.7 Å². The number of thiazole rings is 1. The molecule has 1 heterocycles. The first-order valence-electron chi connectivity index (χ1n) is 9.00. The standard InChI is InChI=1S/C21H18ClN3O4S/c22-15-8-4-5-9-16(15)23-20(29)17-12-30-21(24-17)25-19(28)14(11-18(26)27)10-13-6-2-1-3-7-13/h1-9,12,14H,10-11H2,(H,23,29)(H,26,27)(H,24,25,28)/t14-/m1/s1. The van der Waals surface area contributed by atoms with Crippen molar-refractivity contribution in [1.82, 2.24) is 4.98 Å². The molecular formula is C21H18ClN3O4S. The number of halogens is 1. The second-order valence-corrected chi connectivity index (χ2v) is 7.71. The highest BCUT2D eigenvalue weighted by Crippen LogP contribution is 2.23. The summed E-state index contributed by atoms with van der Waals surface area (Å²) in [6.07, 6.45) is -0.0316. The molecule has 3 N–H and O–H groups in total. The Kier molecular flexibility index (Phi) is 7.16. The van der Waals surface area contributed by atoms with E-state index in [1.165, 1.54) is 5.38 Å². The van der Waals surface area contributed by atoms with Gasteiger partial charge in [-0.2, -0.15) is 0 Å². The number of benzene rings is 2. The molecule has 2 aromatic carbocycles. The zero-order chi connectivity index (χ0) is 21.5. The first kappa shape index (κ1) is 21.5. The number of carboxylic acids is 1. The highest BCUT2D eigenvalue weighted by molar-refractivity contribution is 7.14. The average Bonchev–Trinajstić information content (AvgIpc) is 3.18. The predicted octanol–water partition coefficient (Wildman–Crippen LogP) is 4.32. The lowest BCUT2D eigenvalue weighted by Crippen LogP contribution is -2.27. The summed E-state index contributed by atoms with van der Waals surface area (Å²) < 4.78 is 0. The summed E-state index contributed by atoms with van der Waals surface area (Å²) in [6, 6.07) is 16.0. The molecule has 7 nitrogen and oxygen atoms in total. The number of para-hydroxylation sites is 1. The van der Waals surface area contributed by atoms with E-state index in [1.54, 1.807) is 24.3 Å². The predicted molar refractivity (Wildman–Crippen MR) is 116 cm³/mol. The van der Waals surface area contributed by atoms with E-state index in [0.29, 0.717) is 10.7 Å². The molecule has 0 saturated heterocycles. The second kappa shape index (κ2) is 10.00. The van der Waals surface area contributed by atoms with Crippen molar-refractivity contribution in [3.8, 4) is 0 Å². The van der Waals surface area contributed by atoms with Gasteiger partial charge in [0.05, 0.1) is 23.0 Å². The molecule has 0 aliphatic carbocycles. The normalized spacial score (nSPS) is 11.5. The zero-order valence-electron chi connectivity index (χ0n) is 15.7. The van der Waals surface area contributed by atoms with Gasteiger partial charge in [-0.3, -0.25) is 14.4 Å². The van der Waals surface area contributed by atoms with E-state index < -0.39 is 23.7 Å². The summed E-state index contributed by atoms with van der Waals surface area (Å²) in [5, 5.41) is 16.6. The van der Waals surface area contributed by atoms with Crippen molar-refractivity contribution in [3.63, 3.8) is 0 Å². The third-order valence-corrected chi connectivity index (χ3v) is 5.29. The van der Waals surface area contributed by atoms with E-state index in [4.69, 9.17) is 16.7 Å². The summed E-state index contributed by atoms with van der Waals surface area (Å²) in [5.41, 5.74) is 1.43. The van der Waals surface area contributed by atoms with Gasteiger partial charge in [-0.05, 0) is 24.1 Å². The van der Waals surface area contributed by atoms with Crippen molar-refractivity contribution in [2.75, 3.05) is 10.6 Å². The number of rotatable bonds is 8. The van der Waals surface area contributed by atoms with Crippen LogP contribution >= 0.6 is 22.9 Å². The maximum Gasteiger partial charge on any atom is 0.304 e. The molecule has 9 heteroatoms. The van der Waals surface area contributed by atoms with E-state index in [0.717, 1.165) is 16.9 Å². The van der Waals surface area contributed by atoms with Crippen molar-refractivity contribution >= 4 is 51.5 Å². The number of carbonyl (C=O) groups excluding carboxylic acids is 2. The molecule has 1 aromatic heterocycles. The van der Waals surface area contributed by atoms with Gasteiger partial charge in [0.1, 0.15) is 5.69 Å². The van der Waals surface area contributed by atoms with E-state index in [2.05, 4.69) is 15.6 Å². The van der Waals surface area contributed by atoms with Crippen LogP contribution in [0.1, 0.15) is 22.5 Å². The van der Waals surface area contributed by atoms with Gasteiger partial charge in [0, 0.05) is 5.38 Å². The Balaban J connectivity index is 1.66. The monoisotopic (exact) mass is 443 g/mol. The zero-order valence-corrected chi connectivity index (χ0v) is 17.2. The maximum absolute atomic E-state index is 12.6. The van der Waals surface area contributed by atoms with Crippen molar-refractivity contribution in [2.45, 2.75) is 12.8 Å². The summed E-state index contributed by atoms with van der Waals surface area (Å²) in [7, 11) is 0. The van der Waals surface area contributed by atoms with Crippen LogP contribution in [-0.4, -0.2) is 27.9 Å². The molecule has 1 atom stereocenters. The molecule has 3 aromatic rings. The van der Waals surface area contributed by atoms with Crippen LogP contribution in [0.2, 0.25) is 5.02 Å². The number of aromatic nitrogens is 1. The summed E-state index contributed by atoms with van der Waals surface area (Å²) in [4.78, 5) is 40.3. The molecule has 0 bridgehead atoms. The number of nitrogens with zero attached hydrogens (tertiary/aromatic N) is 1. The quantitative estimate of drug-likeness (QED) is 0.480. The Hall–Kier alpha value is -3.23. The first-order chi connectivity index (χ1) is 14.4. The number of aliphatic carboxylic acids is 1. The number of hydrogen-bond acceptors (Lipinski definition) is 5. The van der Waals surface area contributed by atoms with Crippen molar-refractivity contribution in [1.29, 1.82) is 0 Å². The largest absolute Gasteiger partial charge is 0.481 e. The highest BCUT2D eigenvalue weighted by Gasteiger charge is 2.23. The molecule has 30 heavy (non-hydrogen) atoms. The Morgan fingerprint density at radius 3 is 2.43 bits per heavy atom. The van der Waals surface area contributed by atoms with E-state index in [9.17, 15) is 14.4 Å². The third-order valence-electron chi connectivity index (χ3n) is 4.21. The fraction of sp³-hybridized carbons (Fsp3) is 0.143. The van der Waals surface area contributed by atoms with Crippen LogP contribution in [0.3, 0.4) is 0 Å². The van der Waals surface area contributed by atoms with Gasteiger partial charge in [0.15, 0.2) is 5.13 Å². The lowest BCUT2D eigenvalue weighted by molar-refractivity contribution is -0.140. The van der Waals surface area contributed by atoms with Gasteiger partial charge in [-0.15, -0.1) is 11.3 Å². The number of anilines is 2. The van der Waals surface area contributed by atoms with Crippen molar-refractivity contribution in [2.24, 2.45) is 5.92 Å². The maximum atomic E-state index is 12.6. The minimum Gasteiger partial charge on any atom is -0.481 e. The average molecular weight is 444 g/mol. The smallest absolute Gasteiger partial charge is 0.304 e. The molecule has 0 aliphatic rings. The number of carboxylic acid groups (broad SMARTS) is 1. The SMILES string of the molecule is O=C(O)C[C@@H](Cc1ccccc1)C(=O)Nc1nc(C(=O)Nc2ccccc2Cl)cs1. The molecule has 3 rings (SSSR count). The minimum atomic E-state index is -1.06. The molecule has 0 unspecified atom stereocenters. The van der Waals surface area contributed by atoms with Crippen molar-refractivity contribution in [3.05, 3.63) is 76.3 Å². The topological polar surface area (TPSA) is 108 Å². The van der Waals surface area contributed by atoms with Gasteiger partial charge in [0.25, 0.3) is 5.91 Å². The number of amides is 2. The molecule has 154 valence electrons. The second-order valence-electron chi connectivity index (χ2n) is 6.45. The van der Waals surface area contributed by atoms with E-state index >= 15 is 0 Å². The van der Waals surface area contributed by atoms with Crippen LogP contribution < -0.4 is 10.6 Å². The molecule has 0 spiro atoms. The first-order valence-corrected chi connectivity index (χ1v) is 10.3. The molecule has 0 radical (unpaired) electrons. The Morgan fingerprint density at radius 2 is 1.73 bits per heavy atom. The summed E-state index contributed by atoms with van der Waals surface area (Å²) >= 11 is 7.11. The number of nitrogens with one attached hydrogen (secondary N) is 2. The van der Waals surface area contributed by atoms with Crippen LogP contribution in [0.25, 0.3) is 0 Å². The molecule has 0 aliphatic heterocycles. The van der Waals surface area contributed by atoms with E-state index in [1.807, 2.05) is 30.3 Å². The molecule has 0 saturated carbocycles. The Morgan fingerprint density at radius 1 is 1.03 bits per heavy atom. The molecule has 0 fully saturated rings. The number of carbonyl (C=O) groups is 3. The Labute approximate surface area is 181 Å². The van der Waals surface area contributed by atoms with Crippen LogP contribution in [0.15, 0.2) is 60.0 Å². The Bertz CT molecular complexity index is 1060. The minimum absolute atomic E-state index is 0.119. The third kappa shape index (κ3) is 5.88. The van der Waals surface area contributed by atoms with Gasteiger partial charge >= 0.3 is 5.97 Å². The van der Waals surface area contributed by atoms with Crippen molar-refractivity contribution < 1.29 is 19.5 Å². The van der Waals surface area contributed by atoms with Crippen LogP contribution in [-0.2, 0) is 16.0 Å². The highest BCUT2D eigenvalue weighted by atomic mass is 35.5. The van der Waals surface area contributed by atoms with Gasteiger partial charge in [-0.1, -0.05) is 54.1 Å². The molecular weight excluding hydrogens is 426 g/mol. The van der Waals surface area contributed by atoms with Crippen LogP contribution in [0, 0.1) is 5.92 Å². The summed E-state index contributed by atoms with van der Waals surface area (Å²) in [6.45, 7) is 0. The van der Waals surface area contributed by atoms with Gasteiger partial charge in [0.2, 0.25) is 5.91 Å². The lowest BCUT2D eigenvalue weighted by atomic mass is 9.95.